The molecular weight excluding hydrogens is 178 g/mol. The first-order chi connectivity index (χ1) is 6.52. The van der Waals surface area contributed by atoms with E-state index in [0.29, 0.717) is 11.8 Å². The molecule has 1 aliphatic heterocycles. The topological polar surface area (TPSA) is 29.5 Å². The summed E-state index contributed by atoms with van der Waals surface area (Å²) in [5, 5.41) is 0. The minimum atomic E-state index is -0.136. The Bertz CT molecular complexity index is 189. The lowest BCUT2D eigenvalue weighted by atomic mass is 9.96. The van der Waals surface area contributed by atoms with E-state index in [2.05, 4.69) is 27.7 Å². The van der Waals surface area contributed by atoms with Crippen molar-refractivity contribution in [1.82, 2.24) is 4.90 Å². The summed E-state index contributed by atoms with van der Waals surface area (Å²) in [6.07, 6.45) is 1.02. The molecule has 0 spiro atoms. The minimum absolute atomic E-state index is 0.0445. The Hall–Kier alpha value is -0.730. The number of nitrogens with zero attached hydrogens (tertiary/aromatic N) is 1. The zero-order valence-corrected chi connectivity index (χ0v) is 9.62. The van der Waals surface area contributed by atoms with Crippen molar-refractivity contribution in [2.24, 2.45) is 11.8 Å². The fourth-order valence-electron chi connectivity index (χ4n) is 1.73. The molecule has 82 valence electrons. The lowest BCUT2D eigenvalue weighted by Gasteiger charge is -2.33. The van der Waals surface area contributed by atoms with Gasteiger partial charge in [0.2, 0.25) is 0 Å². The standard InChI is InChI=1S/C11H21NO2/c1-8(2)10(9(3)4)14-11(13)12-6-5-7-12/h8-10H,5-7H2,1-4H3. The van der Waals surface area contributed by atoms with Gasteiger partial charge in [0.1, 0.15) is 6.10 Å². The summed E-state index contributed by atoms with van der Waals surface area (Å²) in [7, 11) is 0. The van der Waals surface area contributed by atoms with Crippen molar-refractivity contribution in [2.75, 3.05) is 13.1 Å². The first kappa shape index (κ1) is 11.3. The summed E-state index contributed by atoms with van der Waals surface area (Å²) in [6.45, 7) is 10.1. The second kappa shape index (κ2) is 4.67. The van der Waals surface area contributed by atoms with E-state index in [9.17, 15) is 4.79 Å². The zero-order valence-electron chi connectivity index (χ0n) is 9.62. The van der Waals surface area contributed by atoms with Gasteiger partial charge < -0.3 is 9.64 Å². The Labute approximate surface area is 86.4 Å². The highest BCUT2D eigenvalue weighted by Crippen LogP contribution is 2.18. The summed E-state index contributed by atoms with van der Waals surface area (Å²) >= 11 is 0. The zero-order chi connectivity index (χ0) is 10.7. The van der Waals surface area contributed by atoms with Crippen LogP contribution in [0.1, 0.15) is 34.1 Å². The van der Waals surface area contributed by atoms with E-state index in [-0.39, 0.29) is 12.2 Å². The van der Waals surface area contributed by atoms with Crippen molar-refractivity contribution in [3.8, 4) is 0 Å². The highest BCUT2D eigenvalue weighted by atomic mass is 16.6. The summed E-state index contributed by atoms with van der Waals surface area (Å²) in [6, 6.07) is 0. The van der Waals surface area contributed by atoms with Crippen LogP contribution in [0.4, 0.5) is 4.79 Å². The average molecular weight is 199 g/mol. The molecule has 14 heavy (non-hydrogen) atoms. The van der Waals surface area contributed by atoms with E-state index in [1.165, 1.54) is 0 Å². The third-order valence-electron chi connectivity index (χ3n) is 2.67. The van der Waals surface area contributed by atoms with Gasteiger partial charge in [0.25, 0.3) is 0 Å². The quantitative estimate of drug-likeness (QED) is 0.699. The van der Waals surface area contributed by atoms with Gasteiger partial charge in [-0.05, 0) is 18.3 Å². The monoisotopic (exact) mass is 199 g/mol. The fraction of sp³-hybridized carbons (Fsp3) is 0.909. The van der Waals surface area contributed by atoms with Crippen molar-refractivity contribution in [3.05, 3.63) is 0 Å². The van der Waals surface area contributed by atoms with Crippen molar-refractivity contribution in [1.29, 1.82) is 0 Å². The van der Waals surface area contributed by atoms with Gasteiger partial charge in [0.15, 0.2) is 0 Å². The van der Waals surface area contributed by atoms with Gasteiger partial charge in [-0.1, -0.05) is 27.7 Å². The first-order valence-electron chi connectivity index (χ1n) is 5.48. The maximum absolute atomic E-state index is 11.5. The molecule has 0 aromatic rings. The Morgan fingerprint density at radius 1 is 1.14 bits per heavy atom. The van der Waals surface area contributed by atoms with Gasteiger partial charge in [-0.3, -0.25) is 0 Å². The molecule has 0 N–H and O–H groups in total. The number of amides is 1. The second-order valence-corrected chi connectivity index (χ2v) is 4.68. The largest absolute Gasteiger partial charge is 0.446 e. The SMILES string of the molecule is CC(C)C(OC(=O)N1CCC1)C(C)C. The number of carbonyl (C=O) groups is 1. The molecule has 0 saturated carbocycles. The lowest BCUT2D eigenvalue weighted by Crippen LogP contribution is -2.45. The van der Waals surface area contributed by atoms with Gasteiger partial charge in [-0.2, -0.15) is 0 Å². The van der Waals surface area contributed by atoms with Crippen molar-refractivity contribution in [3.63, 3.8) is 0 Å². The number of hydrogen-bond donors (Lipinski definition) is 0. The van der Waals surface area contributed by atoms with Gasteiger partial charge >= 0.3 is 6.09 Å². The summed E-state index contributed by atoms with van der Waals surface area (Å²) in [4.78, 5) is 13.3. The van der Waals surface area contributed by atoms with Crippen LogP contribution < -0.4 is 0 Å². The molecule has 3 heteroatoms. The second-order valence-electron chi connectivity index (χ2n) is 4.68. The van der Waals surface area contributed by atoms with E-state index in [1.54, 1.807) is 4.90 Å². The van der Waals surface area contributed by atoms with Crippen molar-refractivity contribution < 1.29 is 9.53 Å². The van der Waals surface area contributed by atoms with Crippen LogP contribution in [0.15, 0.2) is 0 Å². The van der Waals surface area contributed by atoms with Crippen LogP contribution >= 0.6 is 0 Å². The molecule has 1 rings (SSSR count). The Morgan fingerprint density at radius 3 is 1.93 bits per heavy atom. The Balaban J connectivity index is 2.41. The molecule has 0 atom stereocenters. The highest BCUT2D eigenvalue weighted by Gasteiger charge is 2.27. The molecule has 1 saturated heterocycles. The molecule has 3 nitrogen and oxygen atoms in total. The van der Waals surface area contributed by atoms with E-state index in [0.717, 1.165) is 19.5 Å². The summed E-state index contributed by atoms with van der Waals surface area (Å²) < 4.78 is 5.46. The predicted molar refractivity (Wildman–Crippen MR) is 56.1 cm³/mol. The van der Waals surface area contributed by atoms with E-state index in [1.807, 2.05) is 0 Å². The summed E-state index contributed by atoms with van der Waals surface area (Å²) in [5.74, 6) is 0.778. The van der Waals surface area contributed by atoms with Crippen LogP contribution in [0.5, 0.6) is 0 Å². The Kier molecular flexibility index (Phi) is 3.78. The molecule has 0 bridgehead atoms. The maximum Gasteiger partial charge on any atom is 0.410 e. The van der Waals surface area contributed by atoms with Crippen LogP contribution in [0, 0.1) is 11.8 Å². The number of likely N-dealkylation sites (tertiary alicyclic amines) is 1. The molecule has 0 unspecified atom stereocenters. The van der Waals surface area contributed by atoms with E-state index >= 15 is 0 Å². The lowest BCUT2D eigenvalue weighted by molar-refractivity contribution is 0.00800. The summed E-state index contributed by atoms with van der Waals surface area (Å²) in [5.41, 5.74) is 0. The third kappa shape index (κ3) is 2.63. The molecular formula is C11H21NO2. The average Bonchev–Trinajstić information content (AvgIpc) is 1.95. The van der Waals surface area contributed by atoms with Crippen LogP contribution in [0.3, 0.4) is 0 Å². The van der Waals surface area contributed by atoms with Crippen LogP contribution in [-0.4, -0.2) is 30.2 Å². The smallest absolute Gasteiger partial charge is 0.410 e. The van der Waals surface area contributed by atoms with Gasteiger partial charge in [0, 0.05) is 13.1 Å². The first-order valence-corrected chi connectivity index (χ1v) is 5.48. The normalized spacial score (nSPS) is 16.4. The van der Waals surface area contributed by atoms with Gasteiger partial charge in [-0.25, -0.2) is 4.79 Å². The fourth-order valence-corrected chi connectivity index (χ4v) is 1.73. The Morgan fingerprint density at radius 2 is 1.64 bits per heavy atom. The minimum Gasteiger partial charge on any atom is -0.446 e. The maximum atomic E-state index is 11.5. The molecule has 0 aromatic carbocycles. The van der Waals surface area contributed by atoms with Gasteiger partial charge in [0.05, 0.1) is 0 Å². The van der Waals surface area contributed by atoms with E-state index < -0.39 is 0 Å². The molecule has 1 aliphatic rings. The van der Waals surface area contributed by atoms with Gasteiger partial charge in [-0.15, -0.1) is 0 Å². The molecule has 1 fully saturated rings. The predicted octanol–water partition coefficient (Wildman–Crippen LogP) is 2.51. The number of hydrogen-bond acceptors (Lipinski definition) is 2. The number of carbonyl (C=O) groups excluding carboxylic acids is 1. The van der Waals surface area contributed by atoms with E-state index in [4.69, 9.17) is 4.74 Å². The molecule has 1 amide bonds. The van der Waals surface area contributed by atoms with Crippen LogP contribution in [-0.2, 0) is 4.74 Å². The number of rotatable bonds is 3. The van der Waals surface area contributed by atoms with Crippen LogP contribution in [0.25, 0.3) is 0 Å². The third-order valence-corrected chi connectivity index (χ3v) is 2.67. The highest BCUT2D eigenvalue weighted by molar-refractivity contribution is 5.68. The molecule has 0 radical (unpaired) electrons. The molecule has 1 heterocycles. The van der Waals surface area contributed by atoms with Crippen LogP contribution in [0.2, 0.25) is 0 Å². The van der Waals surface area contributed by atoms with Crippen molar-refractivity contribution >= 4 is 6.09 Å². The molecule has 0 aromatic heterocycles. The van der Waals surface area contributed by atoms with Crippen molar-refractivity contribution in [2.45, 2.75) is 40.2 Å². The number of ether oxygens (including phenoxy) is 1. The molecule has 0 aliphatic carbocycles.